The third kappa shape index (κ3) is 2.32. The molecule has 0 amide bonds. The second-order valence-electron chi connectivity index (χ2n) is 4.71. The van der Waals surface area contributed by atoms with Gasteiger partial charge in [-0.15, -0.1) is 0 Å². The number of nitrogens with one attached hydrogen (secondary N) is 1. The van der Waals surface area contributed by atoms with Gasteiger partial charge >= 0.3 is 0 Å². The van der Waals surface area contributed by atoms with Crippen LogP contribution in [-0.2, 0) is 6.42 Å². The molecular formula is C15H20N2. The average Bonchev–Trinajstić information content (AvgIpc) is 2.31. The normalized spacial score (nSPS) is 11.1. The van der Waals surface area contributed by atoms with Gasteiger partial charge in [-0.1, -0.05) is 12.1 Å². The molecule has 1 aromatic carbocycles. The second kappa shape index (κ2) is 4.84. The highest BCUT2D eigenvalue weighted by atomic mass is 14.8. The van der Waals surface area contributed by atoms with E-state index in [1.54, 1.807) is 0 Å². The van der Waals surface area contributed by atoms with Crippen LogP contribution < -0.4 is 5.32 Å². The molecule has 0 atom stereocenters. The fourth-order valence-electron chi connectivity index (χ4n) is 2.32. The zero-order valence-electron chi connectivity index (χ0n) is 11.1. The summed E-state index contributed by atoms with van der Waals surface area (Å²) in [5.74, 6) is 0. The Bertz CT molecular complexity index is 544. The standard InChI is InChI=1S/C15H20N2/c1-10-5-6-11(2)15-14(10)12(3)9-13(17-15)7-8-16-4/h5-6,9,16H,7-8H2,1-4H3. The summed E-state index contributed by atoms with van der Waals surface area (Å²) in [4.78, 5) is 4.79. The van der Waals surface area contributed by atoms with Crippen LogP contribution in [0.2, 0.25) is 0 Å². The van der Waals surface area contributed by atoms with E-state index in [1.165, 1.54) is 27.8 Å². The zero-order chi connectivity index (χ0) is 12.4. The summed E-state index contributed by atoms with van der Waals surface area (Å²) in [5.41, 5.74) is 6.26. The number of hydrogen-bond acceptors (Lipinski definition) is 2. The molecule has 0 saturated carbocycles. The SMILES string of the molecule is CNCCc1cc(C)c2c(C)ccc(C)c2n1. The number of likely N-dealkylation sites (N-methyl/N-ethyl adjacent to an activating group) is 1. The number of benzene rings is 1. The average molecular weight is 228 g/mol. The van der Waals surface area contributed by atoms with Crippen molar-refractivity contribution in [3.63, 3.8) is 0 Å². The summed E-state index contributed by atoms with van der Waals surface area (Å²) in [7, 11) is 1.98. The largest absolute Gasteiger partial charge is 0.319 e. The van der Waals surface area contributed by atoms with E-state index in [2.05, 4.69) is 44.3 Å². The van der Waals surface area contributed by atoms with Crippen LogP contribution in [0.3, 0.4) is 0 Å². The summed E-state index contributed by atoms with van der Waals surface area (Å²) in [5, 5.41) is 4.49. The molecule has 1 aromatic heterocycles. The van der Waals surface area contributed by atoms with Crippen molar-refractivity contribution in [1.82, 2.24) is 10.3 Å². The van der Waals surface area contributed by atoms with Crippen molar-refractivity contribution < 1.29 is 0 Å². The molecule has 0 aliphatic heterocycles. The molecule has 0 aliphatic rings. The minimum atomic E-state index is 0.975. The predicted molar refractivity (Wildman–Crippen MR) is 73.6 cm³/mol. The first-order valence-corrected chi connectivity index (χ1v) is 6.14. The highest BCUT2D eigenvalue weighted by Crippen LogP contribution is 2.24. The Balaban J connectivity index is 2.60. The summed E-state index contributed by atoms with van der Waals surface area (Å²) in [6, 6.07) is 6.55. The molecule has 0 spiro atoms. The lowest BCUT2D eigenvalue weighted by molar-refractivity contribution is 0.778. The number of nitrogens with zero attached hydrogens (tertiary/aromatic N) is 1. The molecule has 0 bridgehead atoms. The molecule has 2 aromatic rings. The van der Waals surface area contributed by atoms with E-state index < -0.39 is 0 Å². The number of aryl methyl sites for hydroxylation is 3. The number of hydrogen-bond donors (Lipinski definition) is 1. The van der Waals surface area contributed by atoms with Crippen molar-refractivity contribution in [2.24, 2.45) is 0 Å². The highest BCUT2D eigenvalue weighted by molar-refractivity contribution is 5.88. The van der Waals surface area contributed by atoms with E-state index in [0.717, 1.165) is 18.5 Å². The first-order chi connectivity index (χ1) is 8.13. The van der Waals surface area contributed by atoms with Crippen LogP contribution in [0, 0.1) is 20.8 Å². The third-order valence-corrected chi connectivity index (χ3v) is 3.25. The van der Waals surface area contributed by atoms with Crippen LogP contribution in [0.5, 0.6) is 0 Å². The van der Waals surface area contributed by atoms with Crippen LogP contribution in [0.25, 0.3) is 10.9 Å². The summed E-state index contributed by atoms with van der Waals surface area (Å²) in [6.07, 6.45) is 0.987. The van der Waals surface area contributed by atoms with E-state index in [9.17, 15) is 0 Å². The number of rotatable bonds is 3. The molecule has 0 saturated heterocycles. The Morgan fingerprint density at radius 2 is 1.76 bits per heavy atom. The molecule has 2 nitrogen and oxygen atoms in total. The number of aromatic nitrogens is 1. The second-order valence-corrected chi connectivity index (χ2v) is 4.71. The molecule has 1 N–H and O–H groups in total. The van der Waals surface area contributed by atoms with E-state index in [0.29, 0.717) is 0 Å². The van der Waals surface area contributed by atoms with Gasteiger partial charge < -0.3 is 5.32 Å². The maximum Gasteiger partial charge on any atom is 0.0739 e. The van der Waals surface area contributed by atoms with Gasteiger partial charge in [0.05, 0.1) is 5.52 Å². The first-order valence-electron chi connectivity index (χ1n) is 6.14. The van der Waals surface area contributed by atoms with Gasteiger partial charge in [-0.25, -0.2) is 0 Å². The summed E-state index contributed by atoms with van der Waals surface area (Å²) in [6.45, 7) is 7.45. The Labute approximate surface area is 103 Å². The minimum absolute atomic E-state index is 0.975. The molecule has 2 heteroatoms. The minimum Gasteiger partial charge on any atom is -0.319 e. The van der Waals surface area contributed by atoms with Crippen molar-refractivity contribution in [3.05, 3.63) is 40.6 Å². The monoisotopic (exact) mass is 228 g/mol. The smallest absolute Gasteiger partial charge is 0.0739 e. The summed E-state index contributed by atoms with van der Waals surface area (Å²) >= 11 is 0. The van der Waals surface area contributed by atoms with Crippen LogP contribution in [0.15, 0.2) is 18.2 Å². The molecule has 0 radical (unpaired) electrons. The molecule has 17 heavy (non-hydrogen) atoms. The Hall–Kier alpha value is -1.41. The van der Waals surface area contributed by atoms with E-state index in [1.807, 2.05) is 7.05 Å². The van der Waals surface area contributed by atoms with Crippen LogP contribution >= 0.6 is 0 Å². The van der Waals surface area contributed by atoms with Crippen LogP contribution in [0.1, 0.15) is 22.4 Å². The van der Waals surface area contributed by atoms with Crippen molar-refractivity contribution in [1.29, 1.82) is 0 Å². The van der Waals surface area contributed by atoms with E-state index in [4.69, 9.17) is 4.98 Å². The van der Waals surface area contributed by atoms with Gasteiger partial charge in [-0.05, 0) is 50.6 Å². The van der Waals surface area contributed by atoms with Crippen molar-refractivity contribution >= 4 is 10.9 Å². The fraction of sp³-hybridized carbons (Fsp3) is 0.400. The van der Waals surface area contributed by atoms with Gasteiger partial charge in [0.25, 0.3) is 0 Å². The number of pyridine rings is 1. The molecule has 0 unspecified atom stereocenters. The van der Waals surface area contributed by atoms with Crippen molar-refractivity contribution in [2.45, 2.75) is 27.2 Å². The Kier molecular flexibility index (Phi) is 3.43. The van der Waals surface area contributed by atoms with Gasteiger partial charge in [-0.2, -0.15) is 0 Å². The van der Waals surface area contributed by atoms with Crippen LogP contribution in [-0.4, -0.2) is 18.6 Å². The van der Waals surface area contributed by atoms with Crippen molar-refractivity contribution in [3.8, 4) is 0 Å². The van der Waals surface area contributed by atoms with Crippen LogP contribution in [0.4, 0.5) is 0 Å². The summed E-state index contributed by atoms with van der Waals surface area (Å²) < 4.78 is 0. The molecule has 2 rings (SSSR count). The van der Waals surface area contributed by atoms with Gasteiger partial charge in [-0.3, -0.25) is 4.98 Å². The Morgan fingerprint density at radius 1 is 1.06 bits per heavy atom. The fourth-order valence-corrected chi connectivity index (χ4v) is 2.32. The Morgan fingerprint density at radius 3 is 2.47 bits per heavy atom. The molecular weight excluding hydrogens is 208 g/mol. The molecule has 0 aliphatic carbocycles. The number of fused-ring (bicyclic) bond motifs is 1. The zero-order valence-corrected chi connectivity index (χ0v) is 11.1. The maximum absolute atomic E-state index is 4.79. The topological polar surface area (TPSA) is 24.9 Å². The van der Waals surface area contributed by atoms with E-state index >= 15 is 0 Å². The lowest BCUT2D eigenvalue weighted by Crippen LogP contribution is -2.11. The van der Waals surface area contributed by atoms with Gasteiger partial charge in [0.15, 0.2) is 0 Å². The lowest BCUT2D eigenvalue weighted by Gasteiger charge is -2.10. The van der Waals surface area contributed by atoms with Crippen molar-refractivity contribution in [2.75, 3.05) is 13.6 Å². The van der Waals surface area contributed by atoms with Gasteiger partial charge in [0.2, 0.25) is 0 Å². The predicted octanol–water partition coefficient (Wildman–Crippen LogP) is 2.92. The molecule has 0 fully saturated rings. The van der Waals surface area contributed by atoms with E-state index in [-0.39, 0.29) is 0 Å². The quantitative estimate of drug-likeness (QED) is 0.873. The lowest BCUT2D eigenvalue weighted by atomic mass is 10.0. The maximum atomic E-state index is 4.79. The third-order valence-electron chi connectivity index (χ3n) is 3.25. The molecule has 90 valence electrons. The van der Waals surface area contributed by atoms with Gasteiger partial charge in [0.1, 0.15) is 0 Å². The molecule has 1 heterocycles. The first kappa shape index (κ1) is 12.1. The highest BCUT2D eigenvalue weighted by Gasteiger charge is 2.07. The van der Waals surface area contributed by atoms with Gasteiger partial charge in [0, 0.05) is 24.0 Å².